The summed E-state index contributed by atoms with van der Waals surface area (Å²) in [6.07, 6.45) is -3.79. The second kappa shape index (κ2) is 7.47. The number of pyridine rings is 1. The number of carbonyl (C=O) groups excluding carboxylic acids is 2. The summed E-state index contributed by atoms with van der Waals surface area (Å²) >= 11 is 0.862. The Morgan fingerprint density at radius 1 is 0.931 bits per heavy atom. The highest BCUT2D eigenvalue weighted by Gasteiger charge is 2.31. The van der Waals surface area contributed by atoms with Gasteiger partial charge in [-0.15, -0.1) is 11.3 Å². The summed E-state index contributed by atoms with van der Waals surface area (Å²) in [5, 5.41) is 0. The van der Waals surface area contributed by atoms with E-state index in [-0.39, 0.29) is 20.5 Å². The number of amides is 2. The molecule has 0 saturated heterocycles. The van der Waals surface area contributed by atoms with E-state index in [2.05, 4.69) is 36.6 Å². The van der Waals surface area contributed by atoms with Gasteiger partial charge in [-0.1, -0.05) is 32.9 Å². The monoisotopic (exact) mass is 421 g/mol. The van der Waals surface area contributed by atoms with Crippen LogP contribution in [0.2, 0.25) is 0 Å². The van der Waals surface area contributed by atoms with Crippen LogP contribution in [0.1, 0.15) is 51.9 Å². The van der Waals surface area contributed by atoms with Crippen LogP contribution in [0.25, 0.3) is 10.2 Å². The summed E-state index contributed by atoms with van der Waals surface area (Å²) in [4.78, 5) is 28.3. The number of hydrogen-bond donors (Lipinski definition) is 2. The first-order valence-electron chi connectivity index (χ1n) is 8.63. The molecule has 5 nitrogen and oxygen atoms in total. The Bertz CT molecular complexity index is 1070. The number of halogens is 3. The van der Waals surface area contributed by atoms with Gasteiger partial charge in [0.15, 0.2) is 0 Å². The molecule has 2 heterocycles. The van der Waals surface area contributed by atoms with Crippen molar-refractivity contribution in [2.45, 2.75) is 32.4 Å². The molecule has 0 spiro atoms. The average molecular weight is 421 g/mol. The van der Waals surface area contributed by atoms with Gasteiger partial charge in [0, 0.05) is 11.8 Å². The van der Waals surface area contributed by atoms with Crippen molar-refractivity contribution in [1.82, 2.24) is 15.8 Å². The average Bonchev–Trinajstić information content (AvgIpc) is 3.08. The van der Waals surface area contributed by atoms with Gasteiger partial charge in [-0.05, 0) is 35.2 Å². The van der Waals surface area contributed by atoms with Gasteiger partial charge < -0.3 is 0 Å². The highest BCUT2D eigenvalue weighted by atomic mass is 32.1. The molecule has 0 saturated carbocycles. The quantitative estimate of drug-likeness (QED) is 0.590. The summed E-state index contributed by atoms with van der Waals surface area (Å²) < 4.78 is 38.6. The zero-order chi connectivity index (χ0) is 21.4. The van der Waals surface area contributed by atoms with Crippen molar-refractivity contribution in [2.75, 3.05) is 0 Å². The van der Waals surface area contributed by atoms with Crippen LogP contribution in [0.3, 0.4) is 0 Å². The second-order valence-corrected chi connectivity index (χ2v) is 8.54. The number of aromatic nitrogens is 1. The number of fused-ring (bicyclic) bond motifs is 1. The molecule has 2 amide bonds. The molecule has 0 bridgehead atoms. The molecule has 0 fully saturated rings. The number of rotatable bonds is 2. The van der Waals surface area contributed by atoms with Crippen molar-refractivity contribution in [1.29, 1.82) is 0 Å². The van der Waals surface area contributed by atoms with E-state index in [9.17, 15) is 22.8 Å². The predicted octanol–water partition coefficient (Wildman–Crippen LogP) is 4.69. The summed E-state index contributed by atoms with van der Waals surface area (Å²) in [6, 6.07) is 9.31. The Kier molecular flexibility index (Phi) is 5.36. The van der Waals surface area contributed by atoms with E-state index in [1.54, 1.807) is 12.1 Å². The fourth-order valence-corrected chi connectivity index (χ4v) is 3.51. The molecule has 9 heteroatoms. The first-order valence-corrected chi connectivity index (χ1v) is 9.45. The molecular formula is C20H18F3N3O2S. The molecule has 3 rings (SSSR count). The molecule has 0 radical (unpaired) electrons. The standard InChI is InChI=1S/C20H18F3N3O2S/c1-19(2,3)12-6-4-11(5-7-12)17(27)25-26-18(28)16-9-14-15(29-16)8-13(10-24-14)20(21,22)23/h4-10H,1-3H3,(H,25,27)(H,26,28). The van der Waals surface area contributed by atoms with Crippen LogP contribution in [0.15, 0.2) is 42.6 Å². The van der Waals surface area contributed by atoms with Crippen molar-refractivity contribution in [3.63, 3.8) is 0 Å². The molecule has 0 aliphatic heterocycles. The lowest BCUT2D eigenvalue weighted by Crippen LogP contribution is -2.41. The first-order chi connectivity index (χ1) is 13.4. The number of alkyl halides is 3. The van der Waals surface area contributed by atoms with Crippen molar-refractivity contribution >= 4 is 33.4 Å². The van der Waals surface area contributed by atoms with Gasteiger partial charge in [0.2, 0.25) is 0 Å². The fourth-order valence-electron chi connectivity index (χ4n) is 2.55. The second-order valence-electron chi connectivity index (χ2n) is 7.45. The van der Waals surface area contributed by atoms with E-state index < -0.39 is 23.6 Å². The van der Waals surface area contributed by atoms with Gasteiger partial charge in [-0.25, -0.2) is 0 Å². The summed E-state index contributed by atoms with van der Waals surface area (Å²) in [7, 11) is 0. The Morgan fingerprint density at radius 3 is 2.14 bits per heavy atom. The topological polar surface area (TPSA) is 71.1 Å². The highest BCUT2D eigenvalue weighted by molar-refractivity contribution is 7.20. The molecule has 0 aliphatic rings. The molecular weight excluding hydrogens is 403 g/mol. The van der Waals surface area contributed by atoms with E-state index in [0.717, 1.165) is 29.2 Å². The molecule has 0 atom stereocenters. The van der Waals surface area contributed by atoms with Crippen LogP contribution >= 0.6 is 11.3 Å². The van der Waals surface area contributed by atoms with Crippen LogP contribution < -0.4 is 10.9 Å². The van der Waals surface area contributed by atoms with Crippen LogP contribution in [0.5, 0.6) is 0 Å². The number of thiophene rings is 1. The maximum absolute atomic E-state index is 12.8. The van der Waals surface area contributed by atoms with Crippen molar-refractivity contribution in [3.05, 3.63) is 64.2 Å². The van der Waals surface area contributed by atoms with Gasteiger partial charge in [0.1, 0.15) is 0 Å². The van der Waals surface area contributed by atoms with Gasteiger partial charge >= 0.3 is 6.18 Å². The van der Waals surface area contributed by atoms with Gasteiger partial charge in [0.25, 0.3) is 11.8 Å². The zero-order valence-corrected chi connectivity index (χ0v) is 16.7. The minimum atomic E-state index is -4.51. The fraction of sp³-hybridized carbons (Fsp3) is 0.250. The van der Waals surface area contributed by atoms with Crippen LogP contribution in [-0.2, 0) is 11.6 Å². The normalized spacial score (nSPS) is 12.1. The van der Waals surface area contributed by atoms with Gasteiger partial charge in [-0.3, -0.25) is 25.4 Å². The largest absolute Gasteiger partial charge is 0.417 e. The Morgan fingerprint density at radius 2 is 1.55 bits per heavy atom. The smallest absolute Gasteiger partial charge is 0.267 e. The zero-order valence-electron chi connectivity index (χ0n) is 15.8. The summed E-state index contributed by atoms with van der Waals surface area (Å²) in [6.45, 7) is 6.17. The van der Waals surface area contributed by atoms with E-state index >= 15 is 0 Å². The van der Waals surface area contributed by atoms with E-state index in [0.29, 0.717) is 5.56 Å². The SMILES string of the molecule is CC(C)(C)c1ccc(C(=O)NNC(=O)c2cc3ncc(C(F)(F)F)cc3s2)cc1. The number of hydrogen-bond acceptors (Lipinski definition) is 4. The van der Waals surface area contributed by atoms with Gasteiger partial charge in [0.05, 0.1) is 20.7 Å². The molecule has 3 aromatic rings. The highest BCUT2D eigenvalue weighted by Crippen LogP contribution is 2.33. The lowest BCUT2D eigenvalue weighted by atomic mass is 9.87. The molecule has 1 aromatic carbocycles. The number of nitrogens with one attached hydrogen (secondary N) is 2. The molecule has 2 N–H and O–H groups in total. The van der Waals surface area contributed by atoms with E-state index in [4.69, 9.17) is 0 Å². The Hall–Kier alpha value is -2.94. The third-order valence-corrected chi connectivity index (χ3v) is 5.29. The number of hydrazine groups is 1. The van der Waals surface area contributed by atoms with Crippen molar-refractivity contribution in [3.8, 4) is 0 Å². The molecule has 29 heavy (non-hydrogen) atoms. The third-order valence-electron chi connectivity index (χ3n) is 4.22. The molecule has 2 aromatic heterocycles. The van der Waals surface area contributed by atoms with Crippen molar-refractivity contribution < 1.29 is 22.8 Å². The number of benzene rings is 1. The maximum Gasteiger partial charge on any atom is 0.417 e. The molecule has 0 unspecified atom stereocenters. The third kappa shape index (κ3) is 4.73. The van der Waals surface area contributed by atoms with Crippen LogP contribution in [-0.4, -0.2) is 16.8 Å². The van der Waals surface area contributed by atoms with E-state index in [1.165, 1.54) is 6.07 Å². The first kappa shape index (κ1) is 20.8. The van der Waals surface area contributed by atoms with Crippen LogP contribution in [0, 0.1) is 0 Å². The van der Waals surface area contributed by atoms with E-state index in [1.807, 2.05) is 12.1 Å². The Labute approximate surface area is 168 Å². The predicted molar refractivity (Wildman–Crippen MR) is 105 cm³/mol. The lowest BCUT2D eigenvalue weighted by molar-refractivity contribution is -0.137. The van der Waals surface area contributed by atoms with Crippen LogP contribution in [0.4, 0.5) is 13.2 Å². The van der Waals surface area contributed by atoms with Gasteiger partial charge in [-0.2, -0.15) is 13.2 Å². The Balaban J connectivity index is 1.68. The maximum atomic E-state index is 12.8. The minimum absolute atomic E-state index is 0.0512. The lowest BCUT2D eigenvalue weighted by Gasteiger charge is -2.19. The molecule has 152 valence electrons. The molecule has 0 aliphatic carbocycles. The summed E-state index contributed by atoms with van der Waals surface area (Å²) in [5.74, 6) is -1.14. The summed E-state index contributed by atoms with van der Waals surface area (Å²) in [5.41, 5.74) is 5.34. The number of carbonyl (C=O) groups is 2. The minimum Gasteiger partial charge on any atom is -0.267 e. The number of nitrogens with zero attached hydrogens (tertiary/aromatic N) is 1. The van der Waals surface area contributed by atoms with Crippen molar-refractivity contribution in [2.24, 2.45) is 0 Å².